The molecule has 3 heterocycles. The number of nitrogen functional groups attached to an aromatic ring is 1. The van der Waals surface area contributed by atoms with Crippen LogP contribution in [0.1, 0.15) is 18.9 Å². The minimum absolute atomic E-state index is 0.0494. The summed E-state index contributed by atoms with van der Waals surface area (Å²) < 4.78 is 46.2. The number of ether oxygens (including phenoxy) is 1. The molecule has 4 aromatic rings. The third-order valence-electron chi connectivity index (χ3n) is 5.85. The van der Waals surface area contributed by atoms with Gasteiger partial charge < -0.3 is 15.4 Å². The second-order valence-corrected chi connectivity index (χ2v) is 8.24. The van der Waals surface area contributed by atoms with Crippen LogP contribution in [-0.2, 0) is 4.79 Å². The molecule has 1 aliphatic heterocycles. The maximum atomic E-state index is 12.9. The number of nitrogens with zero attached hydrogens (tertiary/aromatic N) is 5. The number of carbonyl (C=O) groups excluding carboxylic acids is 1. The molecular weight excluding hydrogens is 461 g/mol. The van der Waals surface area contributed by atoms with Gasteiger partial charge in [-0.2, -0.15) is 18.3 Å². The number of nitrogens with two attached hydrogens (primary N) is 1. The molecule has 0 saturated carbocycles. The van der Waals surface area contributed by atoms with E-state index >= 15 is 0 Å². The Morgan fingerprint density at radius 1 is 1.03 bits per heavy atom. The number of anilines is 1. The summed E-state index contributed by atoms with van der Waals surface area (Å²) >= 11 is 0. The van der Waals surface area contributed by atoms with E-state index in [1.54, 1.807) is 28.9 Å². The van der Waals surface area contributed by atoms with E-state index in [0.717, 1.165) is 4.90 Å². The fourth-order valence-corrected chi connectivity index (χ4v) is 4.16. The Morgan fingerprint density at radius 3 is 2.46 bits per heavy atom. The summed E-state index contributed by atoms with van der Waals surface area (Å²) in [6.45, 7) is -0.0618. The van der Waals surface area contributed by atoms with Crippen LogP contribution in [0.3, 0.4) is 0 Å². The Labute approximate surface area is 198 Å². The molecule has 1 aliphatic rings. The van der Waals surface area contributed by atoms with Gasteiger partial charge in [0, 0.05) is 18.7 Å². The normalized spacial score (nSPS) is 16.4. The number of amides is 1. The molecular formula is C24H21F3N6O2. The van der Waals surface area contributed by atoms with Gasteiger partial charge in [-0.15, -0.1) is 0 Å². The summed E-state index contributed by atoms with van der Waals surface area (Å²) in [4.78, 5) is 21.6. The molecule has 180 valence electrons. The lowest BCUT2D eigenvalue weighted by Crippen LogP contribution is -2.46. The summed E-state index contributed by atoms with van der Waals surface area (Å²) in [5.41, 5.74) is 7.25. The van der Waals surface area contributed by atoms with Gasteiger partial charge in [-0.1, -0.05) is 18.2 Å². The predicted molar refractivity (Wildman–Crippen MR) is 123 cm³/mol. The molecule has 2 aromatic heterocycles. The van der Waals surface area contributed by atoms with Crippen LogP contribution in [0, 0.1) is 0 Å². The summed E-state index contributed by atoms with van der Waals surface area (Å²) in [6, 6.07) is 16.0. The first-order chi connectivity index (χ1) is 16.8. The number of benzene rings is 2. The van der Waals surface area contributed by atoms with Gasteiger partial charge in [-0.05, 0) is 49.2 Å². The zero-order valence-electron chi connectivity index (χ0n) is 18.4. The quantitative estimate of drug-likeness (QED) is 0.457. The SMILES string of the molecule is Nc1nc(-c2ccc(Oc3ccccc3)cc2)nc2c1cnn2[C@@H]1CCCN(C(=O)C(F)(F)F)C1. The van der Waals surface area contributed by atoms with Crippen LogP contribution in [0.25, 0.3) is 22.4 Å². The summed E-state index contributed by atoms with van der Waals surface area (Å²) in [7, 11) is 0. The van der Waals surface area contributed by atoms with Gasteiger partial charge in [0.1, 0.15) is 17.3 Å². The van der Waals surface area contributed by atoms with E-state index in [9.17, 15) is 18.0 Å². The van der Waals surface area contributed by atoms with Crippen LogP contribution in [0.15, 0.2) is 60.8 Å². The lowest BCUT2D eigenvalue weighted by molar-refractivity contribution is -0.187. The molecule has 0 spiro atoms. The van der Waals surface area contributed by atoms with Crippen molar-refractivity contribution >= 4 is 22.8 Å². The molecule has 0 bridgehead atoms. The first kappa shape index (κ1) is 22.6. The van der Waals surface area contributed by atoms with Gasteiger partial charge in [0.25, 0.3) is 0 Å². The first-order valence-corrected chi connectivity index (χ1v) is 11.0. The Hall–Kier alpha value is -4.15. The molecule has 5 rings (SSSR count). The number of hydrogen-bond donors (Lipinski definition) is 1. The third-order valence-corrected chi connectivity index (χ3v) is 5.85. The standard InChI is InChI=1S/C24H21F3N6O2/c25-24(26,27)23(34)32-12-4-5-16(14-32)33-22-19(13-29-33)20(28)30-21(31-22)15-8-10-18(11-9-15)35-17-6-2-1-3-7-17/h1-3,6-11,13,16H,4-5,12,14H2,(H2,28,30,31)/t16-/m1/s1. The molecule has 0 unspecified atom stereocenters. The average molecular weight is 482 g/mol. The molecule has 2 aromatic carbocycles. The van der Waals surface area contributed by atoms with E-state index in [4.69, 9.17) is 10.5 Å². The number of para-hydroxylation sites is 1. The molecule has 1 atom stereocenters. The smallest absolute Gasteiger partial charge is 0.457 e. The number of hydrogen-bond acceptors (Lipinski definition) is 6. The van der Waals surface area contributed by atoms with Crippen LogP contribution in [0.5, 0.6) is 11.5 Å². The highest BCUT2D eigenvalue weighted by Crippen LogP contribution is 2.31. The van der Waals surface area contributed by atoms with E-state index in [1.165, 1.54) is 6.20 Å². The second kappa shape index (κ2) is 8.90. The third kappa shape index (κ3) is 4.61. The molecule has 0 aliphatic carbocycles. The van der Waals surface area contributed by atoms with Gasteiger partial charge in [-0.25, -0.2) is 14.6 Å². The molecule has 11 heteroatoms. The van der Waals surface area contributed by atoms with Gasteiger partial charge in [0.05, 0.1) is 17.6 Å². The lowest BCUT2D eigenvalue weighted by Gasteiger charge is -2.33. The molecule has 1 saturated heterocycles. The van der Waals surface area contributed by atoms with Crippen molar-refractivity contribution in [1.29, 1.82) is 0 Å². The van der Waals surface area contributed by atoms with Crippen molar-refractivity contribution < 1.29 is 22.7 Å². The predicted octanol–water partition coefficient (Wildman–Crippen LogP) is 4.59. The summed E-state index contributed by atoms with van der Waals surface area (Å²) in [5.74, 6) is 0.0560. The van der Waals surface area contributed by atoms with Gasteiger partial charge >= 0.3 is 12.1 Å². The topological polar surface area (TPSA) is 99.2 Å². The molecule has 2 N–H and O–H groups in total. The van der Waals surface area contributed by atoms with Crippen molar-refractivity contribution in [2.24, 2.45) is 0 Å². The second-order valence-electron chi connectivity index (χ2n) is 8.24. The fraction of sp³-hybridized carbons (Fsp3) is 0.250. The van der Waals surface area contributed by atoms with Crippen LogP contribution in [0.4, 0.5) is 19.0 Å². The maximum absolute atomic E-state index is 12.9. The fourth-order valence-electron chi connectivity index (χ4n) is 4.16. The number of fused-ring (bicyclic) bond motifs is 1. The molecule has 35 heavy (non-hydrogen) atoms. The number of rotatable bonds is 4. The Kier molecular flexibility index (Phi) is 5.75. The molecule has 1 fully saturated rings. The number of halogens is 3. The Bertz CT molecular complexity index is 1360. The van der Waals surface area contributed by atoms with E-state index in [2.05, 4.69) is 15.1 Å². The number of carbonyl (C=O) groups is 1. The van der Waals surface area contributed by atoms with Gasteiger partial charge in [0.2, 0.25) is 0 Å². The highest BCUT2D eigenvalue weighted by atomic mass is 19.4. The van der Waals surface area contributed by atoms with Crippen LogP contribution in [-0.4, -0.2) is 49.8 Å². The summed E-state index contributed by atoms with van der Waals surface area (Å²) in [6.07, 6.45) is -2.44. The van der Waals surface area contributed by atoms with E-state index in [0.29, 0.717) is 46.8 Å². The van der Waals surface area contributed by atoms with Gasteiger partial charge in [-0.3, -0.25) is 4.79 Å². The van der Waals surface area contributed by atoms with Crippen molar-refractivity contribution in [2.75, 3.05) is 18.8 Å². The van der Waals surface area contributed by atoms with E-state index < -0.39 is 18.1 Å². The molecule has 0 radical (unpaired) electrons. The van der Waals surface area contributed by atoms with Gasteiger partial charge in [0.15, 0.2) is 11.5 Å². The van der Waals surface area contributed by atoms with E-state index in [-0.39, 0.29) is 18.9 Å². The van der Waals surface area contributed by atoms with Crippen molar-refractivity contribution in [3.63, 3.8) is 0 Å². The van der Waals surface area contributed by atoms with Crippen molar-refractivity contribution in [3.8, 4) is 22.9 Å². The minimum atomic E-state index is -4.91. The number of alkyl halides is 3. The van der Waals surface area contributed by atoms with Crippen LogP contribution >= 0.6 is 0 Å². The van der Waals surface area contributed by atoms with Crippen molar-refractivity contribution in [1.82, 2.24) is 24.6 Å². The highest BCUT2D eigenvalue weighted by Gasteiger charge is 2.44. The van der Waals surface area contributed by atoms with E-state index in [1.807, 2.05) is 30.3 Å². The zero-order chi connectivity index (χ0) is 24.6. The first-order valence-electron chi connectivity index (χ1n) is 11.0. The molecule has 1 amide bonds. The number of aromatic nitrogens is 4. The summed E-state index contributed by atoms with van der Waals surface area (Å²) in [5, 5.41) is 4.82. The largest absolute Gasteiger partial charge is 0.471 e. The maximum Gasteiger partial charge on any atom is 0.471 e. The average Bonchev–Trinajstić information content (AvgIpc) is 3.29. The van der Waals surface area contributed by atoms with Crippen LogP contribution < -0.4 is 10.5 Å². The van der Waals surface area contributed by atoms with Crippen molar-refractivity contribution in [3.05, 3.63) is 60.8 Å². The Morgan fingerprint density at radius 2 is 1.74 bits per heavy atom. The minimum Gasteiger partial charge on any atom is -0.457 e. The number of piperidine rings is 1. The van der Waals surface area contributed by atoms with Crippen molar-refractivity contribution in [2.45, 2.75) is 25.1 Å². The zero-order valence-corrected chi connectivity index (χ0v) is 18.4. The monoisotopic (exact) mass is 482 g/mol. The number of likely N-dealkylation sites (tertiary alicyclic amines) is 1. The Balaban J connectivity index is 1.42. The lowest BCUT2D eigenvalue weighted by atomic mass is 10.1. The molecule has 8 nitrogen and oxygen atoms in total. The van der Waals surface area contributed by atoms with Crippen LogP contribution in [0.2, 0.25) is 0 Å². The highest BCUT2D eigenvalue weighted by molar-refractivity contribution is 5.87.